The molecule has 0 saturated carbocycles. The molecule has 0 spiro atoms. The van der Waals surface area contributed by atoms with Gasteiger partial charge in [0.05, 0.1) is 11.9 Å². The van der Waals surface area contributed by atoms with Crippen LogP contribution in [0.25, 0.3) is 0 Å². The Morgan fingerprint density at radius 2 is 1.88 bits per heavy atom. The van der Waals surface area contributed by atoms with Gasteiger partial charge in [0.2, 0.25) is 10.0 Å². The van der Waals surface area contributed by atoms with Crippen LogP contribution in [0, 0.1) is 0 Å². The Hall–Kier alpha value is 0.160. The van der Waals surface area contributed by atoms with Crippen LogP contribution in [0.2, 0.25) is 0 Å². The molecule has 0 atom stereocenters. The number of hydrogen-bond donors (Lipinski definition) is 1. The minimum atomic E-state index is -3.11. The first-order valence-electron chi connectivity index (χ1n) is 6.13. The smallest absolute Gasteiger partial charge is 0.211 e. The summed E-state index contributed by atoms with van der Waals surface area (Å²) >= 11 is 5.49. The van der Waals surface area contributed by atoms with Gasteiger partial charge in [-0.15, -0.1) is 11.6 Å². The number of halogens is 1. The molecule has 0 bridgehead atoms. The Morgan fingerprint density at radius 3 is 2.47 bits per heavy atom. The zero-order chi connectivity index (χ0) is 13.1. The summed E-state index contributed by atoms with van der Waals surface area (Å²) in [5, 5.41) is 0. The van der Waals surface area contributed by atoms with E-state index in [1.165, 1.54) is 0 Å². The number of ether oxygens (including phenoxy) is 1. The molecule has 0 aromatic rings. The van der Waals surface area contributed by atoms with E-state index in [0.29, 0.717) is 25.5 Å². The Balaban J connectivity index is 3.46. The topological polar surface area (TPSA) is 55.4 Å². The molecule has 0 radical (unpaired) electrons. The van der Waals surface area contributed by atoms with Gasteiger partial charge in [-0.05, 0) is 39.5 Å². The zero-order valence-electron chi connectivity index (χ0n) is 10.7. The average molecular weight is 286 g/mol. The lowest BCUT2D eigenvalue weighted by Gasteiger charge is -2.08. The van der Waals surface area contributed by atoms with Gasteiger partial charge in [0, 0.05) is 19.0 Å². The first-order valence-corrected chi connectivity index (χ1v) is 8.31. The maximum Gasteiger partial charge on any atom is 0.211 e. The zero-order valence-corrected chi connectivity index (χ0v) is 12.3. The van der Waals surface area contributed by atoms with Crippen LogP contribution in [0.4, 0.5) is 0 Å². The molecule has 4 nitrogen and oxygen atoms in total. The monoisotopic (exact) mass is 285 g/mol. The molecule has 0 aromatic carbocycles. The Bertz CT molecular complexity index is 268. The molecule has 104 valence electrons. The molecule has 0 rings (SSSR count). The van der Waals surface area contributed by atoms with E-state index in [4.69, 9.17) is 16.3 Å². The molecule has 0 aliphatic carbocycles. The minimum absolute atomic E-state index is 0.169. The van der Waals surface area contributed by atoms with Gasteiger partial charge in [0.15, 0.2) is 0 Å². The molecule has 0 unspecified atom stereocenters. The Labute approximate surface area is 110 Å². The van der Waals surface area contributed by atoms with Crippen molar-refractivity contribution in [3.05, 3.63) is 0 Å². The van der Waals surface area contributed by atoms with E-state index >= 15 is 0 Å². The number of sulfonamides is 1. The molecular weight excluding hydrogens is 262 g/mol. The fourth-order valence-electron chi connectivity index (χ4n) is 1.23. The van der Waals surface area contributed by atoms with Crippen LogP contribution in [0.1, 0.15) is 39.5 Å². The van der Waals surface area contributed by atoms with Crippen molar-refractivity contribution in [3.8, 4) is 0 Å². The summed E-state index contributed by atoms with van der Waals surface area (Å²) in [6.45, 7) is 5.15. The molecule has 0 fully saturated rings. The van der Waals surface area contributed by atoms with Crippen molar-refractivity contribution in [2.75, 3.05) is 24.8 Å². The van der Waals surface area contributed by atoms with Gasteiger partial charge in [-0.25, -0.2) is 13.1 Å². The van der Waals surface area contributed by atoms with Gasteiger partial charge in [-0.2, -0.15) is 0 Å². The highest BCUT2D eigenvalue weighted by molar-refractivity contribution is 7.89. The maximum absolute atomic E-state index is 11.5. The molecule has 0 aliphatic rings. The summed E-state index contributed by atoms with van der Waals surface area (Å²) in [6, 6.07) is 0. The van der Waals surface area contributed by atoms with Crippen molar-refractivity contribution in [1.82, 2.24) is 4.72 Å². The standard InChI is InChI=1S/C11H24ClNO3S/c1-11(2)16-9-5-4-8-13-17(14,15)10-6-3-7-12/h11,13H,3-10H2,1-2H3. The van der Waals surface area contributed by atoms with E-state index in [0.717, 1.165) is 19.3 Å². The third-order valence-electron chi connectivity index (χ3n) is 2.14. The van der Waals surface area contributed by atoms with Crippen molar-refractivity contribution in [2.45, 2.75) is 45.6 Å². The molecule has 0 aliphatic heterocycles. The number of rotatable bonds is 11. The molecule has 1 N–H and O–H groups in total. The molecule has 17 heavy (non-hydrogen) atoms. The van der Waals surface area contributed by atoms with Crippen molar-refractivity contribution in [2.24, 2.45) is 0 Å². The van der Waals surface area contributed by atoms with E-state index in [1.54, 1.807) is 0 Å². The third kappa shape index (κ3) is 12.4. The van der Waals surface area contributed by atoms with Crippen molar-refractivity contribution >= 4 is 21.6 Å². The molecule has 0 aromatic heterocycles. The summed E-state index contributed by atoms with van der Waals surface area (Å²) in [5.74, 6) is 0.685. The third-order valence-corrected chi connectivity index (χ3v) is 3.88. The van der Waals surface area contributed by atoms with E-state index in [2.05, 4.69) is 4.72 Å². The number of unbranched alkanes of at least 4 members (excludes halogenated alkanes) is 2. The van der Waals surface area contributed by atoms with E-state index in [-0.39, 0.29) is 11.9 Å². The number of hydrogen-bond acceptors (Lipinski definition) is 3. The first-order chi connectivity index (χ1) is 7.98. The normalized spacial score (nSPS) is 12.2. The van der Waals surface area contributed by atoms with Gasteiger partial charge in [0.1, 0.15) is 0 Å². The highest BCUT2D eigenvalue weighted by atomic mass is 35.5. The minimum Gasteiger partial charge on any atom is -0.379 e. The summed E-state index contributed by atoms with van der Waals surface area (Å²) in [7, 11) is -3.11. The summed E-state index contributed by atoms with van der Waals surface area (Å²) < 4.78 is 30.9. The summed E-state index contributed by atoms with van der Waals surface area (Å²) in [5.41, 5.74) is 0. The van der Waals surface area contributed by atoms with E-state index in [1.807, 2.05) is 13.8 Å². The molecule has 0 heterocycles. The van der Waals surface area contributed by atoms with Gasteiger partial charge in [-0.3, -0.25) is 0 Å². The van der Waals surface area contributed by atoms with Crippen molar-refractivity contribution < 1.29 is 13.2 Å². The molecule has 6 heteroatoms. The lowest BCUT2D eigenvalue weighted by atomic mass is 10.3. The maximum atomic E-state index is 11.5. The predicted molar refractivity (Wildman–Crippen MR) is 72.1 cm³/mol. The van der Waals surface area contributed by atoms with Crippen LogP contribution >= 0.6 is 11.6 Å². The molecule has 0 saturated heterocycles. The lowest BCUT2D eigenvalue weighted by Crippen LogP contribution is -2.27. The van der Waals surface area contributed by atoms with Crippen LogP contribution in [0.15, 0.2) is 0 Å². The molecule has 0 amide bonds. The second kappa shape index (κ2) is 10.1. The van der Waals surface area contributed by atoms with Crippen molar-refractivity contribution in [3.63, 3.8) is 0 Å². The van der Waals surface area contributed by atoms with Crippen LogP contribution in [-0.4, -0.2) is 39.3 Å². The molecular formula is C11H24ClNO3S. The highest BCUT2D eigenvalue weighted by Gasteiger charge is 2.08. The fraction of sp³-hybridized carbons (Fsp3) is 1.00. The van der Waals surface area contributed by atoms with Crippen LogP contribution < -0.4 is 4.72 Å². The average Bonchev–Trinajstić information content (AvgIpc) is 2.23. The fourth-order valence-corrected chi connectivity index (χ4v) is 2.61. The van der Waals surface area contributed by atoms with Crippen LogP contribution in [-0.2, 0) is 14.8 Å². The first kappa shape index (κ1) is 17.2. The Kier molecular flexibility index (Phi) is 10.2. The Morgan fingerprint density at radius 1 is 1.18 bits per heavy atom. The number of nitrogens with one attached hydrogen (secondary N) is 1. The largest absolute Gasteiger partial charge is 0.379 e. The van der Waals surface area contributed by atoms with E-state index in [9.17, 15) is 8.42 Å². The SMILES string of the molecule is CC(C)OCCCCNS(=O)(=O)CCCCCl. The quantitative estimate of drug-likeness (QED) is 0.467. The van der Waals surface area contributed by atoms with E-state index < -0.39 is 10.0 Å². The van der Waals surface area contributed by atoms with Crippen LogP contribution in [0.5, 0.6) is 0 Å². The van der Waals surface area contributed by atoms with Gasteiger partial charge in [-0.1, -0.05) is 0 Å². The van der Waals surface area contributed by atoms with Gasteiger partial charge >= 0.3 is 0 Å². The van der Waals surface area contributed by atoms with Gasteiger partial charge in [0.25, 0.3) is 0 Å². The summed E-state index contributed by atoms with van der Waals surface area (Å²) in [6.07, 6.45) is 3.28. The lowest BCUT2D eigenvalue weighted by molar-refractivity contribution is 0.0762. The van der Waals surface area contributed by atoms with Gasteiger partial charge < -0.3 is 4.74 Å². The number of alkyl halides is 1. The van der Waals surface area contributed by atoms with Crippen LogP contribution in [0.3, 0.4) is 0 Å². The van der Waals surface area contributed by atoms with Crippen molar-refractivity contribution in [1.29, 1.82) is 0 Å². The highest BCUT2D eigenvalue weighted by Crippen LogP contribution is 1.98. The second-order valence-electron chi connectivity index (χ2n) is 4.24. The predicted octanol–water partition coefficient (Wildman–Crippen LogP) is 2.13. The summed E-state index contributed by atoms with van der Waals surface area (Å²) in [4.78, 5) is 0. The second-order valence-corrected chi connectivity index (χ2v) is 6.54.